The van der Waals surface area contributed by atoms with Crippen molar-refractivity contribution in [2.45, 2.75) is 13.0 Å². The highest BCUT2D eigenvalue weighted by atomic mass is 16.5. The maximum atomic E-state index is 13.1. The summed E-state index contributed by atoms with van der Waals surface area (Å²) in [5.74, 6) is 1.14. The molecule has 1 aliphatic heterocycles. The van der Waals surface area contributed by atoms with Gasteiger partial charge in [0.25, 0.3) is 5.91 Å². The van der Waals surface area contributed by atoms with Gasteiger partial charge in [0.1, 0.15) is 11.4 Å². The van der Waals surface area contributed by atoms with Crippen molar-refractivity contribution in [2.75, 3.05) is 38.2 Å². The molecule has 30 heavy (non-hydrogen) atoms. The first-order valence-corrected chi connectivity index (χ1v) is 9.71. The van der Waals surface area contributed by atoms with Crippen LogP contribution in [0.25, 0.3) is 11.3 Å². The highest BCUT2D eigenvalue weighted by Gasteiger charge is 2.31. The molecule has 156 valence electrons. The van der Waals surface area contributed by atoms with E-state index in [1.54, 1.807) is 49.5 Å². The molecule has 1 fully saturated rings. The normalized spacial score (nSPS) is 15.2. The van der Waals surface area contributed by atoms with Crippen LogP contribution in [0.3, 0.4) is 0 Å². The first-order chi connectivity index (χ1) is 14.6. The van der Waals surface area contributed by atoms with Gasteiger partial charge in [0.05, 0.1) is 18.8 Å². The van der Waals surface area contributed by atoms with E-state index in [9.17, 15) is 9.90 Å². The van der Waals surface area contributed by atoms with Crippen LogP contribution in [0, 0.1) is 0 Å². The van der Waals surface area contributed by atoms with Crippen LogP contribution in [-0.4, -0.2) is 64.3 Å². The second-order valence-electron chi connectivity index (χ2n) is 7.01. The molecule has 3 heterocycles. The van der Waals surface area contributed by atoms with E-state index in [4.69, 9.17) is 9.26 Å². The summed E-state index contributed by atoms with van der Waals surface area (Å²) in [6.07, 6.45) is 2.49. The number of rotatable bonds is 5. The third-order valence-corrected chi connectivity index (χ3v) is 5.11. The largest absolute Gasteiger partial charge is 0.497 e. The molecule has 1 N–H and O–H groups in total. The van der Waals surface area contributed by atoms with E-state index in [0.717, 1.165) is 5.56 Å². The lowest BCUT2D eigenvalue weighted by molar-refractivity contribution is 0.0696. The van der Waals surface area contributed by atoms with Crippen molar-refractivity contribution in [2.24, 2.45) is 0 Å². The second kappa shape index (κ2) is 8.50. The number of aliphatic hydroxyl groups excluding tert-OH is 1. The molecule has 0 saturated carbocycles. The molecule has 1 saturated heterocycles. The Hall–Kier alpha value is -3.46. The Morgan fingerprint density at radius 3 is 2.40 bits per heavy atom. The minimum absolute atomic E-state index is 0.0697. The third kappa shape index (κ3) is 3.84. The summed E-state index contributed by atoms with van der Waals surface area (Å²) in [4.78, 5) is 25.4. The number of aliphatic hydroxyl groups is 1. The molecule has 3 aromatic rings. The molecule has 9 nitrogen and oxygen atoms in total. The quantitative estimate of drug-likeness (QED) is 0.684. The first-order valence-electron chi connectivity index (χ1n) is 9.71. The number of aromatic nitrogens is 3. The van der Waals surface area contributed by atoms with Crippen LogP contribution in [0.1, 0.15) is 29.1 Å². The topological polar surface area (TPSA) is 105 Å². The Morgan fingerprint density at radius 1 is 1.13 bits per heavy atom. The predicted molar refractivity (Wildman–Crippen MR) is 109 cm³/mol. The average Bonchev–Trinajstić information content (AvgIpc) is 3.25. The lowest BCUT2D eigenvalue weighted by Crippen LogP contribution is -2.49. The van der Waals surface area contributed by atoms with Gasteiger partial charge >= 0.3 is 0 Å². The van der Waals surface area contributed by atoms with Gasteiger partial charge in [-0.1, -0.05) is 5.16 Å². The number of carbonyl (C=O) groups is 1. The Morgan fingerprint density at radius 2 is 1.80 bits per heavy atom. The summed E-state index contributed by atoms with van der Waals surface area (Å²) in [5, 5.41) is 14.4. The number of carbonyl (C=O) groups excluding carboxylic acids is 1. The van der Waals surface area contributed by atoms with E-state index in [1.807, 2.05) is 17.0 Å². The van der Waals surface area contributed by atoms with Gasteiger partial charge in [-0.2, -0.15) is 0 Å². The average molecular weight is 409 g/mol. The van der Waals surface area contributed by atoms with Crippen molar-refractivity contribution in [1.82, 2.24) is 20.0 Å². The molecule has 0 unspecified atom stereocenters. The number of ether oxygens (including phenoxy) is 1. The summed E-state index contributed by atoms with van der Waals surface area (Å²) in [6.45, 7) is 3.81. The number of anilines is 1. The minimum atomic E-state index is -0.911. The Bertz CT molecular complexity index is 996. The van der Waals surface area contributed by atoms with E-state index in [0.29, 0.717) is 49.1 Å². The van der Waals surface area contributed by atoms with Gasteiger partial charge in [-0.25, -0.2) is 9.97 Å². The number of amides is 1. The second-order valence-corrected chi connectivity index (χ2v) is 7.01. The molecule has 0 spiro atoms. The van der Waals surface area contributed by atoms with E-state index in [-0.39, 0.29) is 11.7 Å². The summed E-state index contributed by atoms with van der Waals surface area (Å²) in [5.41, 5.74) is 1.58. The minimum Gasteiger partial charge on any atom is -0.497 e. The molecule has 0 bridgehead atoms. The zero-order valence-electron chi connectivity index (χ0n) is 16.9. The van der Waals surface area contributed by atoms with Crippen molar-refractivity contribution in [1.29, 1.82) is 0 Å². The fourth-order valence-electron chi connectivity index (χ4n) is 3.50. The van der Waals surface area contributed by atoms with E-state index in [1.165, 1.54) is 0 Å². The van der Waals surface area contributed by atoms with Crippen molar-refractivity contribution in [3.63, 3.8) is 0 Å². The highest BCUT2D eigenvalue weighted by Crippen LogP contribution is 2.32. The smallest absolute Gasteiger partial charge is 0.293 e. The van der Waals surface area contributed by atoms with Gasteiger partial charge < -0.3 is 24.2 Å². The molecular formula is C21H23N5O4. The van der Waals surface area contributed by atoms with Crippen LogP contribution in [-0.2, 0) is 0 Å². The van der Waals surface area contributed by atoms with Gasteiger partial charge in [-0.3, -0.25) is 4.79 Å². The zero-order chi connectivity index (χ0) is 21.1. The van der Waals surface area contributed by atoms with Crippen molar-refractivity contribution in [3.8, 4) is 17.0 Å². The number of benzene rings is 1. The molecule has 1 aromatic carbocycles. The zero-order valence-corrected chi connectivity index (χ0v) is 16.9. The van der Waals surface area contributed by atoms with Gasteiger partial charge in [-0.15, -0.1) is 0 Å². The fraction of sp³-hybridized carbons (Fsp3) is 0.333. The Kier molecular flexibility index (Phi) is 5.62. The summed E-state index contributed by atoms with van der Waals surface area (Å²) < 4.78 is 10.6. The highest BCUT2D eigenvalue weighted by molar-refractivity contribution is 5.95. The SMILES string of the molecule is COc1ccc(-c2noc(C(=O)N3CCN(c4ncccn4)CC3)c2[C@H](C)O)cc1. The summed E-state index contributed by atoms with van der Waals surface area (Å²) in [6, 6.07) is 8.99. The maximum Gasteiger partial charge on any atom is 0.293 e. The third-order valence-electron chi connectivity index (χ3n) is 5.11. The maximum absolute atomic E-state index is 13.1. The van der Waals surface area contributed by atoms with E-state index >= 15 is 0 Å². The number of nitrogens with zero attached hydrogens (tertiary/aromatic N) is 5. The molecule has 1 atom stereocenters. The Balaban J connectivity index is 1.54. The molecule has 9 heteroatoms. The summed E-state index contributed by atoms with van der Waals surface area (Å²) >= 11 is 0. The van der Waals surface area contributed by atoms with Crippen molar-refractivity contribution < 1.29 is 19.2 Å². The van der Waals surface area contributed by atoms with Crippen LogP contribution in [0.4, 0.5) is 5.95 Å². The van der Waals surface area contributed by atoms with Crippen LogP contribution in [0.2, 0.25) is 0 Å². The number of piperazine rings is 1. The van der Waals surface area contributed by atoms with E-state index < -0.39 is 6.10 Å². The van der Waals surface area contributed by atoms with Crippen LogP contribution >= 0.6 is 0 Å². The van der Waals surface area contributed by atoms with Gasteiger partial charge in [0.2, 0.25) is 11.7 Å². The monoisotopic (exact) mass is 409 g/mol. The molecule has 0 aliphatic carbocycles. The number of hydrogen-bond donors (Lipinski definition) is 1. The lowest BCUT2D eigenvalue weighted by Gasteiger charge is -2.34. The first kappa shape index (κ1) is 19.8. The van der Waals surface area contributed by atoms with Gasteiger partial charge in [0.15, 0.2) is 0 Å². The predicted octanol–water partition coefficient (Wildman–Crippen LogP) is 2.16. The van der Waals surface area contributed by atoms with Crippen molar-refractivity contribution in [3.05, 3.63) is 54.0 Å². The van der Waals surface area contributed by atoms with E-state index in [2.05, 4.69) is 15.1 Å². The molecule has 4 rings (SSSR count). The van der Waals surface area contributed by atoms with Crippen LogP contribution in [0.15, 0.2) is 47.2 Å². The molecule has 1 amide bonds. The van der Waals surface area contributed by atoms with Gasteiger partial charge in [-0.05, 0) is 37.3 Å². The van der Waals surface area contributed by atoms with Crippen molar-refractivity contribution >= 4 is 11.9 Å². The van der Waals surface area contributed by atoms with Crippen LogP contribution < -0.4 is 9.64 Å². The Labute approximate surface area is 173 Å². The molecule has 1 aliphatic rings. The van der Waals surface area contributed by atoms with Crippen LogP contribution in [0.5, 0.6) is 5.75 Å². The van der Waals surface area contributed by atoms with Gasteiger partial charge in [0, 0.05) is 44.1 Å². The fourth-order valence-corrected chi connectivity index (χ4v) is 3.50. The number of hydrogen-bond acceptors (Lipinski definition) is 8. The molecular weight excluding hydrogens is 386 g/mol. The summed E-state index contributed by atoms with van der Waals surface area (Å²) in [7, 11) is 1.59. The molecule has 0 radical (unpaired) electrons. The standard InChI is InChI=1S/C21H23N5O4/c1-14(27)17-18(15-4-6-16(29-2)7-5-15)24-30-19(17)20(28)25-10-12-26(13-11-25)21-22-8-3-9-23-21/h3-9,14,27H,10-13H2,1-2H3/t14-/m0/s1. The lowest BCUT2D eigenvalue weighted by atomic mass is 10.0. The molecule has 2 aromatic heterocycles. The number of methoxy groups -OCH3 is 1.